The van der Waals surface area contributed by atoms with Crippen LogP contribution in [0.25, 0.3) is 0 Å². The Morgan fingerprint density at radius 3 is 0.593 bits per heavy atom. The van der Waals surface area contributed by atoms with E-state index in [9.17, 15) is 95.9 Å². The van der Waals surface area contributed by atoms with Gasteiger partial charge in [-0.25, -0.2) is 0 Å². The fraction of sp³-hybridized carbons (Fsp3) is 0.370. The number of ketones is 6. The van der Waals surface area contributed by atoms with Crippen molar-refractivity contribution in [2.24, 2.45) is 0 Å². The summed E-state index contributed by atoms with van der Waals surface area (Å²) in [5.41, 5.74) is 1.19. The number of nitrogens with zero attached hydrogens (tertiary/aromatic N) is 7. The van der Waals surface area contributed by atoms with E-state index in [0.29, 0.717) is 22.6 Å². The van der Waals surface area contributed by atoms with Gasteiger partial charge in [-0.1, -0.05) is 255 Å². The van der Waals surface area contributed by atoms with Gasteiger partial charge in [0.15, 0.2) is 34.7 Å². The molecule has 0 aromatic heterocycles. The van der Waals surface area contributed by atoms with E-state index in [4.69, 9.17) is 0 Å². The highest BCUT2D eigenvalue weighted by molar-refractivity contribution is 6.31. The minimum absolute atomic E-state index is 0.0223. The van der Waals surface area contributed by atoms with Crippen molar-refractivity contribution in [1.29, 1.82) is 0 Å². The maximum absolute atomic E-state index is 13.9. The number of fused-ring (bicyclic) bond motifs is 8. The van der Waals surface area contributed by atoms with Gasteiger partial charge in [0, 0.05) is 75.8 Å². The number of rotatable bonds is 46. The normalized spacial score (nSPS) is 15.0. The molecule has 16 rings (SSSR count). The van der Waals surface area contributed by atoms with E-state index in [2.05, 4.69) is 13.8 Å². The van der Waals surface area contributed by atoms with Crippen LogP contribution in [0.1, 0.15) is 455 Å². The number of carbonyl (C=O) groups is 20. The topological polar surface area (TPSA) is 364 Å². The summed E-state index contributed by atoms with van der Waals surface area (Å²) < 4.78 is 0. The van der Waals surface area contributed by atoms with Crippen molar-refractivity contribution < 1.29 is 95.9 Å². The first-order valence-electron chi connectivity index (χ1n) is 47.6. The highest BCUT2D eigenvalue weighted by Gasteiger charge is 2.47. The number of unbranched alkanes of at least 4 members (excludes halogenated alkanes) is 30. The van der Waals surface area contributed by atoms with Crippen LogP contribution >= 0.6 is 0 Å². The number of hydrogen-bond acceptors (Lipinski definition) is 20. The third-order valence-corrected chi connectivity index (χ3v) is 27.0. The third kappa shape index (κ3) is 19.8. The molecule has 0 atom stereocenters. The second kappa shape index (κ2) is 42.3. The van der Waals surface area contributed by atoms with Crippen molar-refractivity contribution in [3.63, 3.8) is 0 Å². The summed E-state index contributed by atoms with van der Waals surface area (Å²) in [4.78, 5) is 272. The Morgan fingerprint density at radius 1 is 0.193 bits per heavy atom. The molecule has 8 aromatic carbocycles. The summed E-state index contributed by atoms with van der Waals surface area (Å²) in [5.74, 6) is -12.3. The Kier molecular flexibility index (Phi) is 29.9. The van der Waals surface area contributed by atoms with Gasteiger partial charge in [0.05, 0.1) is 84.3 Å². The first kappa shape index (κ1) is 95.4. The zero-order chi connectivity index (χ0) is 95.6. The Bertz CT molecular complexity index is 6120. The summed E-state index contributed by atoms with van der Waals surface area (Å²) in [6.07, 6.45) is 38.7. The molecular weight excluding hydrogens is 1720 g/mol. The molecule has 0 bridgehead atoms. The minimum atomic E-state index is -0.854. The van der Waals surface area contributed by atoms with E-state index < -0.39 is 125 Å². The SMILES string of the molecule is CCCCCCCCCCCCCCCCCCN1C(=O)c2ccc(C(=O)c3ccc4c(c3)C(=O)N(CN3C(=O)c5ccc(C(=O)c6ccc7c(c6)C(=O)N(CCCCCCCCCCCCCCCCCC)C7=O)cc5C3=O)C4=O)cc2C1=O.CN1C(=O)c2ccc(C(=O)c3ccc4c(c3)C(=O)N(CN3C(=O)c5ccc(C(=O)c6ccc7c(c6)C(=O)CC7=O)cc5C3=O)C4=O)cc2C1=O. The van der Waals surface area contributed by atoms with Crippen molar-refractivity contribution in [1.82, 2.24) is 34.3 Å². The predicted molar refractivity (Wildman–Crippen MR) is 497 cm³/mol. The molecule has 14 amide bonds. The molecule has 0 unspecified atom stereocenters. The number of Topliss-reactive ketones (excluding diaryl/α,β-unsaturated/α-hetero) is 2. The molecular formula is C108H107N7O20. The molecule has 8 aliphatic rings. The van der Waals surface area contributed by atoms with Crippen LogP contribution in [0, 0.1) is 0 Å². The fourth-order valence-corrected chi connectivity index (χ4v) is 19.1. The van der Waals surface area contributed by atoms with Crippen LogP contribution in [0.15, 0.2) is 146 Å². The third-order valence-electron chi connectivity index (χ3n) is 27.0. The van der Waals surface area contributed by atoms with Gasteiger partial charge in [-0.3, -0.25) is 130 Å². The fourth-order valence-electron chi connectivity index (χ4n) is 19.1. The van der Waals surface area contributed by atoms with Crippen molar-refractivity contribution in [3.8, 4) is 0 Å². The maximum Gasteiger partial charge on any atom is 0.263 e. The van der Waals surface area contributed by atoms with Crippen molar-refractivity contribution in [2.45, 2.75) is 226 Å². The van der Waals surface area contributed by atoms with Gasteiger partial charge in [-0.05, 0) is 110 Å². The maximum atomic E-state index is 13.9. The van der Waals surface area contributed by atoms with E-state index in [0.717, 1.165) is 53.2 Å². The van der Waals surface area contributed by atoms with Gasteiger partial charge < -0.3 is 0 Å². The standard InChI is InChI=1S/C71H88N4O10.C37H19N3O10/c1-3-5-7-9-11-13-15-17-19-21-23-25-27-29-31-33-43-72-64(78)54-39-35-50(45-58(54)68(72)82)62(76)52-37-41-56-60(47-52)70(84)74(66(56)80)49-75-67(81)57-42-38-53(48-61(57)71(75)85)63(77)51-36-40-55-59(46-51)69(83)73(65(55)79)44-34-32-30-28-26-24-22-20-18-16-14-12-10-8-6-4-2;1-38-32(45)21-7-3-17(11-25(21)33(38)46)31(44)19-5-9-23-27(13-19)37(50)40(35(23)48)15-39-34(47)22-8-4-18(12-26(22)36(39)49)30(43)16-2-6-20-24(10-16)29(42)14-28(20)41/h35-42,45-48H,3-34,43-44,49H2,1-2H3;2-13H,14-15H2,1H3. The molecule has 0 radical (unpaired) electrons. The Hall–Kier alpha value is -14.2. The summed E-state index contributed by atoms with van der Waals surface area (Å²) >= 11 is 0. The largest absolute Gasteiger partial charge is 0.294 e. The lowest BCUT2D eigenvalue weighted by atomic mass is 9.96. The molecule has 694 valence electrons. The smallest absolute Gasteiger partial charge is 0.263 e. The highest BCUT2D eigenvalue weighted by Crippen LogP contribution is 2.37. The van der Waals surface area contributed by atoms with Gasteiger partial charge in [0.25, 0.3) is 82.7 Å². The molecule has 0 saturated heterocycles. The Morgan fingerprint density at radius 2 is 0.356 bits per heavy atom. The summed E-state index contributed by atoms with van der Waals surface area (Å²) in [7, 11) is 1.33. The zero-order valence-electron chi connectivity index (χ0n) is 76.3. The lowest BCUT2D eigenvalue weighted by Gasteiger charge is -2.20. The number of imide groups is 7. The van der Waals surface area contributed by atoms with Gasteiger partial charge in [-0.2, -0.15) is 0 Å². The average molecular weight is 1820 g/mol. The number of benzene rings is 8. The summed E-state index contributed by atoms with van der Waals surface area (Å²) in [6, 6.07) is 32.4. The highest BCUT2D eigenvalue weighted by atomic mass is 16.2. The van der Waals surface area contributed by atoms with Crippen LogP contribution in [0.3, 0.4) is 0 Å². The van der Waals surface area contributed by atoms with Crippen LogP contribution in [0.5, 0.6) is 0 Å². The molecule has 1 aliphatic carbocycles. The van der Waals surface area contributed by atoms with Crippen LogP contribution < -0.4 is 0 Å². The minimum Gasteiger partial charge on any atom is -0.294 e. The van der Waals surface area contributed by atoms with Gasteiger partial charge >= 0.3 is 0 Å². The molecule has 7 aliphatic heterocycles. The van der Waals surface area contributed by atoms with E-state index in [-0.39, 0.29) is 159 Å². The summed E-state index contributed by atoms with van der Waals surface area (Å²) in [6.45, 7) is 3.60. The second-order valence-electron chi connectivity index (χ2n) is 36.2. The van der Waals surface area contributed by atoms with E-state index in [1.807, 2.05) is 0 Å². The molecule has 0 fully saturated rings. The van der Waals surface area contributed by atoms with E-state index in [1.54, 1.807) is 0 Å². The Labute approximate surface area is 781 Å². The molecule has 8 aromatic rings. The van der Waals surface area contributed by atoms with Crippen molar-refractivity contribution in [2.75, 3.05) is 33.5 Å². The first-order valence-corrected chi connectivity index (χ1v) is 47.6. The molecule has 0 saturated carbocycles. The van der Waals surface area contributed by atoms with Crippen molar-refractivity contribution in [3.05, 3.63) is 279 Å². The molecule has 0 N–H and O–H groups in total. The van der Waals surface area contributed by atoms with Crippen LogP contribution in [0.4, 0.5) is 0 Å². The van der Waals surface area contributed by atoms with Crippen LogP contribution in [0.2, 0.25) is 0 Å². The van der Waals surface area contributed by atoms with Crippen LogP contribution in [-0.4, -0.2) is 185 Å². The van der Waals surface area contributed by atoms with Gasteiger partial charge in [0.1, 0.15) is 13.3 Å². The lowest BCUT2D eigenvalue weighted by molar-refractivity contribution is 0.0442. The van der Waals surface area contributed by atoms with Crippen LogP contribution in [-0.2, 0) is 0 Å². The first-order chi connectivity index (χ1) is 65.2. The quantitative estimate of drug-likeness (QED) is 0.0148. The average Bonchev–Trinajstić information content (AvgIpc) is 1.60. The monoisotopic (exact) mass is 1820 g/mol. The predicted octanol–water partition coefficient (Wildman–Crippen LogP) is 18.7. The van der Waals surface area contributed by atoms with E-state index >= 15 is 0 Å². The second-order valence-corrected chi connectivity index (χ2v) is 36.2. The molecule has 27 nitrogen and oxygen atoms in total. The zero-order valence-corrected chi connectivity index (χ0v) is 76.3. The van der Waals surface area contributed by atoms with Gasteiger partial charge in [-0.15, -0.1) is 0 Å². The molecule has 7 heterocycles. The molecule has 135 heavy (non-hydrogen) atoms. The lowest BCUT2D eigenvalue weighted by Crippen LogP contribution is -2.43. The molecule has 0 spiro atoms. The summed E-state index contributed by atoms with van der Waals surface area (Å²) in [5, 5.41) is 0. The number of carbonyl (C=O) groups excluding carboxylic acids is 20. The van der Waals surface area contributed by atoms with E-state index in [1.165, 1.54) is 317 Å². The van der Waals surface area contributed by atoms with Crippen molar-refractivity contribution >= 4 is 117 Å². The molecule has 27 heteroatoms. The number of amides is 14. The van der Waals surface area contributed by atoms with Gasteiger partial charge in [0.2, 0.25) is 0 Å². The Balaban J connectivity index is 0.000000234. The number of hydrogen-bond donors (Lipinski definition) is 0.